The molecule has 12 nitrogen and oxygen atoms in total. The number of pyridine rings is 1. The van der Waals surface area contributed by atoms with Gasteiger partial charge in [-0.15, -0.1) is 6.58 Å². The summed E-state index contributed by atoms with van der Waals surface area (Å²) < 4.78 is 15.5. The van der Waals surface area contributed by atoms with Gasteiger partial charge in [-0.3, -0.25) is 14.4 Å². The van der Waals surface area contributed by atoms with Gasteiger partial charge in [0.25, 0.3) is 5.56 Å². The molecule has 0 radical (unpaired) electrons. The van der Waals surface area contributed by atoms with Crippen LogP contribution in [0.5, 0.6) is 5.75 Å². The van der Waals surface area contributed by atoms with Gasteiger partial charge in [0, 0.05) is 23.9 Å². The van der Waals surface area contributed by atoms with Crippen LogP contribution in [-0.4, -0.2) is 88.8 Å². The topological polar surface area (TPSA) is 156 Å². The molecule has 1 aromatic carbocycles. The van der Waals surface area contributed by atoms with Gasteiger partial charge in [0.05, 0.1) is 13.7 Å². The Morgan fingerprint density at radius 1 is 1.21 bits per heavy atom. The number of unbranched alkanes of at least 4 members (excludes halogenated alkanes) is 1. The molecule has 1 aromatic heterocycles. The Morgan fingerprint density at radius 2 is 1.96 bits per heavy atom. The normalized spacial score (nSPS) is 17.0. The Balaban J connectivity index is 0.000000380. The van der Waals surface area contributed by atoms with Crippen LogP contribution < -0.4 is 20.9 Å². The Bertz CT molecular complexity index is 1470. The fraction of sp³-hybridized carbons (Fsp3) is 0.559. The Labute approximate surface area is 280 Å². The van der Waals surface area contributed by atoms with Crippen LogP contribution >= 0.6 is 11.8 Å². The molecular weight excluding hydrogens is 624 g/mol. The van der Waals surface area contributed by atoms with Crippen LogP contribution in [0, 0.1) is 0 Å². The van der Waals surface area contributed by atoms with E-state index in [-0.39, 0.29) is 24.0 Å². The predicted octanol–water partition coefficient (Wildman–Crippen LogP) is 4.32. The molecule has 47 heavy (non-hydrogen) atoms. The Kier molecular flexibility index (Phi) is 13.7. The minimum atomic E-state index is -0.973. The van der Waals surface area contributed by atoms with E-state index >= 15 is 0 Å². The molecule has 3 N–H and O–H groups in total. The maximum atomic E-state index is 13.5. The summed E-state index contributed by atoms with van der Waals surface area (Å²) in [5, 5.41) is 7.09. The highest BCUT2D eigenvalue weighted by Crippen LogP contribution is 2.37. The maximum Gasteiger partial charge on any atom is 0.408 e. The highest BCUT2D eigenvalue weighted by Gasteiger charge is 2.54. The lowest BCUT2D eigenvalue weighted by Gasteiger charge is -2.30. The predicted molar refractivity (Wildman–Crippen MR) is 183 cm³/mol. The number of hydrogen-bond acceptors (Lipinski definition) is 9. The molecule has 1 saturated heterocycles. The second-order valence-electron chi connectivity index (χ2n) is 12.4. The van der Waals surface area contributed by atoms with Crippen LogP contribution in [0.1, 0.15) is 66.2 Å². The first-order valence-corrected chi connectivity index (χ1v) is 17.1. The molecule has 0 unspecified atom stereocenters. The maximum absolute atomic E-state index is 13.5. The van der Waals surface area contributed by atoms with Crippen molar-refractivity contribution in [1.29, 1.82) is 0 Å². The fourth-order valence-electron chi connectivity index (χ4n) is 5.05. The molecule has 1 aliphatic carbocycles. The smallest absolute Gasteiger partial charge is 0.408 e. The van der Waals surface area contributed by atoms with Gasteiger partial charge in [0.1, 0.15) is 29.0 Å². The van der Waals surface area contributed by atoms with Crippen molar-refractivity contribution in [2.75, 3.05) is 31.8 Å². The van der Waals surface area contributed by atoms with Crippen molar-refractivity contribution >= 4 is 46.4 Å². The zero-order valence-corrected chi connectivity index (χ0v) is 28.8. The summed E-state index contributed by atoms with van der Waals surface area (Å²) in [7, 11) is 1.61. The Morgan fingerprint density at radius 3 is 2.60 bits per heavy atom. The molecule has 2 atom stereocenters. The summed E-state index contributed by atoms with van der Waals surface area (Å²) in [5.41, 5.74) is -1.74. The first kappa shape index (κ1) is 37.5. The second kappa shape index (κ2) is 17.2. The van der Waals surface area contributed by atoms with Crippen LogP contribution in [0.4, 0.5) is 4.79 Å². The van der Waals surface area contributed by atoms with Crippen molar-refractivity contribution in [3.63, 3.8) is 0 Å². The van der Waals surface area contributed by atoms with E-state index in [0.717, 1.165) is 29.7 Å². The number of H-pyrrole nitrogens is 1. The highest BCUT2D eigenvalue weighted by molar-refractivity contribution is 7.99. The minimum absolute atomic E-state index is 0.0693. The number of fused-ring (bicyclic) bond motifs is 1. The molecule has 2 fully saturated rings. The molecule has 13 heteroatoms. The van der Waals surface area contributed by atoms with Crippen LogP contribution in [-0.2, 0) is 23.9 Å². The standard InChI is InChI=1S/C24H39N3O6S.C10H9NO2/c1-6-8-9-15-34-16-17(25-22(31)33-23(3,4)5)20(29)27-14-10-11-18(27)19(28)26-24(12-13-24)21(30)32-7-2;1-13-8-2-3-9-7(6-8)4-5-11-10(9)12/h6,17-18H,1,7-16H2,2-5H3,(H,25,31)(H,26,28);2-6H,1H3,(H,11,12)/t17-,18-;/m0./s1. The molecule has 0 bridgehead atoms. The lowest BCUT2D eigenvalue weighted by molar-refractivity contribution is -0.149. The average Bonchev–Trinajstić information content (AvgIpc) is 3.63. The molecule has 2 aromatic rings. The van der Waals surface area contributed by atoms with E-state index in [2.05, 4.69) is 22.2 Å². The van der Waals surface area contributed by atoms with Crippen molar-refractivity contribution < 1.29 is 33.4 Å². The van der Waals surface area contributed by atoms with Crippen molar-refractivity contribution in [2.24, 2.45) is 0 Å². The van der Waals surface area contributed by atoms with E-state index in [1.54, 1.807) is 64.9 Å². The van der Waals surface area contributed by atoms with Crippen molar-refractivity contribution in [2.45, 2.75) is 89.4 Å². The molecule has 1 aliphatic heterocycles. The first-order valence-electron chi connectivity index (χ1n) is 16.0. The number of benzene rings is 1. The third-order valence-electron chi connectivity index (χ3n) is 7.57. The number of aromatic nitrogens is 1. The number of hydrogen-bond donors (Lipinski definition) is 3. The van der Waals surface area contributed by atoms with E-state index in [9.17, 15) is 24.0 Å². The lowest BCUT2D eigenvalue weighted by Crippen LogP contribution is -2.57. The number of rotatable bonds is 13. The van der Waals surface area contributed by atoms with E-state index in [1.807, 2.05) is 18.2 Å². The number of alkyl carbamates (subject to hydrolysis) is 1. The van der Waals surface area contributed by atoms with Gasteiger partial charge in [0.15, 0.2) is 0 Å². The SMILES string of the molecule is C=CCCCSC[C@H](NC(=O)OC(C)(C)C)C(=O)N1CCC[C@H]1C(=O)NC1(C(=O)OCC)CC1.COc1ccc2c(=O)[nH]ccc2c1. The minimum Gasteiger partial charge on any atom is -0.497 e. The third-order valence-corrected chi connectivity index (χ3v) is 8.71. The summed E-state index contributed by atoms with van der Waals surface area (Å²) in [6, 6.07) is 5.71. The molecule has 2 aliphatic rings. The number of thioether (sulfide) groups is 1. The first-order chi connectivity index (χ1) is 22.3. The summed E-state index contributed by atoms with van der Waals surface area (Å²) in [5.74, 6) is 0.842. The number of methoxy groups -OCH3 is 1. The monoisotopic (exact) mass is 672 g/mol. The van der Waals surface area contributed by atoms with E-state index in [4.69, 9.17) is 14.2 Å². The van der Waals surface area contributed by atoms with Crippen molar-refractivity contribution in [1.82, 2.24) is 20.5 Å². The van der Waals surface area contributed by atoms with E-state index in [0.29, 0.717) is 43.4 Å². The summed E-state index contributed by atoms with van der Waals surface area (Å²) in [6.07, 6.45) is 6.84. The largest absolute Gasteiger partial charge is 0.497 e. The van der Waals surface area contributed by atoms with Gasteiger partial charge >= 0.3 is 12.1 Å². The number of carbonyl (C=O) groups excluding carboxylic acids is 4. The third kappa shape index (κ3) is 11.0. The van der Waals surface area contributed by atoms with Gasteiger partial charge in [-0.1, -0.05) is 6.08 Å². The number of amides is 3. The molecule has 1 saturated carbocycles. The molecule has 2 heterocycles. The highest BCUT2D eigenvalue weighted by atomic mass is 32.2. The zero-order chi connectivity index (χ0) is 34.6. The quantitative estimate of drug-likeness (QED) is 0.160. The van der Waals surface area contributed by atoms with Crippen LogP contribution in [0.15, 0.2) is 47.9 Å². The average molecular weight is 673 g/mol. The van der Waals surface area contributed by atoms with Gasteiger partial charge < -0.3 is 34.7 Å². The summed E-state index contributed by atoms with van der Waals surface area (Å²) >= 11 is 1.56. The zero-order valence-electron chi connectivity index (χ0n) is 28.0. The molecular formula is C34H48N4O8S. The van der Waals surface area contributed by atoms with Crippen LogP contribution in [0.25, 0.3) is 10.8 Å². The Hall–Kier alpha value is -4.00. The van der Waals surface area contributed by atoms with E-state index < -0.39 is 35.3 Å². The number of carbonyl (C=O) groups is 4. The second-order valence-corrected chi connectivity index (χ2v) is 13.6. The molecule has 258 valence electrons. The number of likely N-dealkylation sites (tertiary alicyclic amines) is 1. The number of allylic oxidation sites excluding steroid dienone is 1. The van der Waals surface area contributed by atoms with Gasteiger partial charge in [-0.25, -0.2) is 9.59 Å². The fourth-order valence-corrected chi connectivity index (χ4v) is 6.05. The lowest BCUT2D eigenvalue weighted by atomic mass is 10.1. The van der Waals surface area contributed by atoms with Gasteiger partial charge in [0.2, 0.25) is 11.8 Å². The van der Waals surface area contributed by atoms with Crippen LogP contribution in [0.3, 0.4) is 0 Å². The number of aromatic amines is 1. The number of esters is 1. The summed E-state index contributed by atoms with van der Waals surface area (Å²) in [6.45, 7) is 11.4. The van der Waals surface area contributed by atoms with Gasteiger partial charge in [-0.2, -0.15) is 11.8 Å². The molecule has 3 amide bonds. The number of nitrogens with one attached hydrogen (secondary N) is 3. The molecule has 0 spiro atoms. The van der Waals surface area contributed by atoms with Crippen molar-refractivity contribution in [3.05, 3.63) is 53.5 Å². The van der Waals surface area contributed by atoms with Crippen LogP contribution in [0.2, 0.25) is 0 Å². The number of nitrogens with zero attached hydrogens (tertiary/aromatic N) is 1. The van der Waals surface area contributed by atoms with E-state index in [1.165, 1.54) is 4.90 Å². The number of ether oxygens (including phenoxy) is 3. The van der Waals surface area contributed by atoms with Crippen molar-refractivity contribution in [3.8, 4) is 5.75 Å². The van der Waals surface area contributed by atoms with Gasteiger partial charge in [-0.05, 0) is 102 Å². The molecule has 4 rings (SSSR count). The summed E-state index contributed by atoms with van der Waals surface area (Å²) in [4.78, 5) is 66.6.